The van der Waals surface area contributed by atoms with E-state index in [1.54, 1.807) is 0 Å². The highest BCUT2D eigenvalue weighted by Crippen LogP contribution is 2.36. The Morgan fingerprint density at radius 3 is 2.67 bits per heavy atom. The summed E-state index contributed by atoms with van der Waals surface area (Å²) in [6.45, 7) is 0.268. The lowest BCUT2D eigenvalue weighted by atomic mass is 10.1. The van der Waals surface area contributed by atoms with E-state index in [0.29, 0.717) is 0 Å². The molecule has 4 aromatic rings. The molecular formula is C19H13N3O2. The normalized spacial score (nSPS) is 12.7. The summed E-state index contributed by atoms with van der Waals surface area (Å²) in [7, 11) is 0. The van der Waals surface area contributed by atoms with Gasteiger partial charge < -0.3 is 9.47 Å². The Balaban J connectivity index is 1.69. The Bertz CT molecular complexity index is 1040. The summed E-state index contributed by atoms with van der Waals surface area (Å²) >= 11 is 0. The van der Waals surface area contributed by atoms with E-state index in [4.69, 9.17) is 9.47 Å². The first-order valence-electron chi connectivity index (χ1n) is 7.68. The topological polar surface area (TPSA) is 48.7 Å². The van der Waals surface area contributed by atoms with Crippen molar-refractivity contribution < 1.29 is 9.47 Å². The second-order valence-electron chi connectivity index (χ2n) is 5.56. The van der Waals surface area contributed by atoms with E-state index in [-0.39, 0.29) is 6.79 Å². The lowest BCUT2D eigenvalue weighted by molar-refractivity contribution is 0.174. The molecule has 0 saturated carbocycles. The summed E-state index contributed by atoms with van der Waals surface area (Å²) in [5, 5.41) is 4.55. The van der Waals surface area contributed by atoms with E-state index >= 15 is 0 Å². The first kappa shape index (κ1) is 13.1. The number of nitrogens with zero attached hydrogens (tertiary/aromatic N) is 3. The lowest BCUT2D eigenvalue weighted by Crippen LogP contribution is -1.96. The highest BCUT2D eigenvalue weighted by atomic mass is 16.7. The summed E-state index contributed by atoms with van der Waals surface area (Å²) in [5.41, 5.74) is 4.91. The van der Waals surface area contributed by atoms with Gasteiger partial charge in [0, 0.05) is 17.3 Å². The number of benzene rings is 2. The average Bonchev–Trinajstić information content (AvgIpc) is 3.28. The zero-order valence-electron chi connectivity index (χ0n) is 12.7. The van der Waals surface area contributed by atoms with Gasteiger partial charge in [0.25, 0.3) is 0 Å². The van der Waals surface area contributed by atoms with Crippen LogP contribution in [-0.2, 0) is 0 Å². The van der Waals surface area contributed by atoms with Gasteiger partial charge in [0.15, 0.2) is 17.1 Å². The van der Waals surface area contributed by atoms with Gasteiger partial charge in [-0.3, -0.25) is 0 Å². The van der Waals surface area contributed by atoms with Crippen molar-refractivity contribution >= 4 is 5.65 Å². The Hall–Kier alpha value is -3.34. The van der Waals surface area contributed by atoms with E-state index in [0.717, 1.165) is 39.5 Å². The molecule has 1 aliphatic heterocycles. The smallest absolute Gasteiger partial charge is 0.231 e. The van der Waals surface area contributed by atoms with Gasteiger partial charge >= 0.3 is 0 Å². The number of hydrogen-bond acceptors (Lipinski definition) is 4. The van der Waals surface area contributed by atoms with Crippen molar-refractivity contribution in [1.82, 2.24) is 14.6 Å². The first-order valence-corrected chi connectivity index (χ1v) is 7.68. The molecule has 0 spiro atoms. The number of hydrogen-bond donors (Lipinski definition) is 0. The molecule has 5 nitrogen and oxygen atoms in total. The molecule has 1 aliphatic rings. The van der Waals surface area contributed by atoms with Crippen molar-refractivity contribution in [3.63, 3.8) is 0 Å². The zero-order chi connectivity index (χ0) is 15.9. The van der Waals surface area contributed by atoms with Gasteiger partial charge in [-0.25, -0.2) is 9.50 Å². The molecule has 0 amide bonds. The third kappa shape index (κ3) is 1.95. The fraction of sp³-hybridized carbons (Fsp3) is 0.0526. The maximum atomic E-state index is 5.48. The lowest BCUT2D eigenvalue weighted by Gasteiger charge is -2.06. The largest absolute Gasteiger partial charge is 0.454 e. The van der Waals surface area contributed by atoms with Crippen LogP contribution in [0.4, 0.5) is 0 Å². The van der Waals surface area contributed by atoms with Crippen molar-refractivity contribution in [2.45, 2.75) is 0 Å². The highest BCUT2D eigenvalue weighted by molar-refractivity contribution is 5.79. The fourth-order valence-electron chi connectivity index (χ4n) is 2.99. The van der Waals surface area contributed by atoms with E-state index in [1.807, 2.05) is 59.4 Å². The predicted octanol–water partition coefficient (Wildman–Crippen LogP) is 3.79. The fourth-order valence-corrected chi connectivity index (χ4v) is 2.99. The second-order valence-corrected chi connectivity index (χ2v) is 5.56. The van der Waals surface area contributed by atoms with Crippen molar-refractivity contribution in [2.75, 3.05) is 6.79 Å². The van der Waals surface area contributed by atoms with Crippen LogP contribution >= 0.6 is 0 Å². The van der Waals surface area contributed by atoms with Crippen LogP contribution in [0.3, 0.4) is 0 Å². The number of rotatable bonds is 2. The van der Waals surface area contributed by atoms with Crippen LogP contribution in [0, 0.1) is 0 Å². The Labute approximate surface area is 138 Å². The molecule has 0 saturated heterocycles. The minimum absolute atomic E-state index is 0.268. The molecule has 3 heterocycles. The van der Waals surface area contributed by atoms with Crippen LogP contribution in [0.25, 0.3) is 28.0 Å². The predicted molar refractivity (Wildman–Crippen MR) is 90.0 cm³/mol. The molecular weight excluding hydrogens is 302 g/mol. The van der Waals surface area contributed by atoms with Gasteiger partial charge in [-0.05, 0) is 29.8 Å². The molecule has 0 N–H and O–H groups in total. The van der Waals surface area contributed by atoms with Crippen LogP contribution in [0.1, 0.15) is 0 Å². The van der Waals surface area contributed by atoms with E-state index in [1.165, 1.54) is 0 Å². The molecule has 0 atom stereocenters. The second kappa shape index (κ2) is 5.09. The minimum Gasteiger partial charge on any atom is -0.454 e. The molecule has 0 aliphatic carbocycles. The number of aromatic nitrogens is 3. The third-order valence-corrected chi connectivity index (χ3v) is 4.15. The quantitative estimate of drug-likeness (QED) is 0.564. The first-order chi connectivity index (χ1) is 11.9. The maximum Gasteiger partial charge on any atom is 0.231 e. The molecule has 2 aromatic carbocycles. The van der Waals surface area contributed by atoms with Crippen LogP contribution < -0.4 is 9.47 Å². The molecule has 0 bridgehead atoms. The van der Waals surface area contributed by atoms with E-state index in [9.17, 15) is 0 Å². The Morgan fingerprint density at radius 2 is 1.75 bits per heavy atom. The van der Waals surface area contributed by atoms with Crippen molar-refractivity contribution in [2.24, 2.45) is 0 Å². The SMILES string of the molecule is c1ccc(-c2cnn3c(-c4ccc5c(c4)OCO5)ccnc23)cc1. The monoisotopic (exact) mass is 315 g/mol. The molecule has 24 heavy (non-hydrogen) atoms. The highest BCUT2D eigenvalue weighted by Gasteiger charge is 2.16. The number of ether oxygens (including phenoxy) is 2. The Morgan fingerprint density at radius 1 is 0.875 bits per heavy atom. The molecule has 0 unspecified atom stereocenters. The van der Waals surface area contributed by atoms with E-state index < -0.39 is 0 Å². The van der Waals surface area contributed by atoms with Gasteiger partial charge in [-0.1, -0.05) is 30.3 Å². The molecule has 2 aromatic heterocycles. The van der Waals surface area contributed by atoms with Crippen LogP contribution in [0.5, 0.6) is 11.5 Å². The number of fused-ring (bicyclic) bond motifs is 2. The van der Waals surface area contributed by atoms with Crippen LogP contribution in [0.2, 0.25) is 0 Å². The molecule has 0 radical (unpaired) electrons. The molecule has 5 rings (SSSR count). The zero-order valence-corrected chi connectivity index (χ0v) is 12.7. The summed E-state index contributed by atoms with van der Waals surface area (Å²) in [6.07, 6.45) is 3.66. The van der Waals surface area contributed by atoms with Gasteiger partial charge in [-0.2, -0.15) is 5.10 Å². The summed E-state index contributed by atoms with van der Waals surface area (Å²) in [5.74, 6) is 1.53. The molecule has 0 fully saturated rings. The maximum absolute atomic E-state index is 5.48. The molecule has 5 heteroatoms. The van der Waals surface area contributed by atoms with Crippen molar-refractivity contribution in [1.29, 1.82) is 0 Å². The Kier molecular flexibility index (Phi) is 2.79. The minimum atomic E-state index is 0.268. The third-order valence-electron chi connectivity index (χ3n) is 4.15. The van der Waals surface area contributed by atoms with Crippen molar-refractivity contribution in [3.8, 4) is 33.9 Å². The van der Waals surface area contributed by atoms with E-state index in [2.05, 4.69) is 22.2 Å². The summed E-state index contributed by atoms with van der Waals surface area (Å²) in [6, 6.07) is 18.0. The average molecular weight is 315 g/mol. The van der Waals surface area contributed by atoms with Crippen LogP contribution in [0.15, 0.2) is 67.0 Å². The van der Waals surface area contributed by atoms with Crippen molar-refractivity contribution in [3.05, 3.63) is 67.0 Å². The van der Waals surface area contributed by atoms with Gasteiger partial charge in [-0.15, -0.1) is 0 Å². The van der Waals surface area contributed by atoms with Crippen LogP contribution in [-0.4, -0.2) is 21.4 Å². The standard InChI is InChI=1S/C19H13N3O2/c1-2-4-13(5-3-1)15-11-21-22-16(8-9-20-19(15)22)14-6-7-17-18(10-14)24-12-23-17/h1-11H,12H2. The van der Waals surface area contributed by atoms with Gasteiger partial charge in [0.2, 0.25) is 6.79 Å². The summed E-state index contributed by atoms with van der Waals surface area (Å²) < 4.78 is 12.7. The summed E-state index contributed by atoms with van der Waals surface area (Å²) in [4.78, 5) is 4.52. The molecule has 116 valence electrons. The van der Waals surface area contributed by atoms with Gasteiger partial charge in [0.05, 0.1) is 11.9 Å². The van der Waals surface area contributed by atoms with Gasteiger partial charge in [0.1, 0.15) is 0 Å².